The largest absolute Gasteiger partial charge is 0.457 e. The lowest BCUT2D eigenvalue weighted by Gasteiger charge is -2.41. The number of hydrogen-bond acceptors (Lipinski definition) is 1. The highest BCUT2D eigenvalue weighted by Gasteiger charge is 2.45. The average Bonchev–Trinajstić information content (AvgIpc) is 3.50. The Hall–Kier alpha value is -6.38. The summed E-state index contributed by atoms with van der Waals surface area (Å²) in [6.45, 7) is 0. The molecular formula is C47H31NO. The van der Waals surface area contributed by atoms with Crippen molar-refractivity contribution >= 4 is 32.6 Å². The van der Waals surface area contributed by atoms with Crippen LogP contribution in [-0.4, -0.2) is 4.57 Å². The Balaban J connectivity index is 1.31. The molecule has 8 aromatic carbocycles. The van der Waals surface area contributed by atoms with E-state index in [1.807, 2.05) is 0 Å². The summed E-state index contributed by atoms with van der Waals surface area (Å²) in [5.41, 5.74) is 10.0. The number of fused-ring (bicyclic) bond motifs is 6. The van der Waals surface area contributed by atoms with Crippen LogP contribution in [0.1, 0.15) is 22.3 Å². The fourth-order valence-corrected chi connectivity index (χ4v) is 8.22. The first-order valence-electron chi connectivity index (χ1n) is 16.9. The van der Waals surface area contributed by atoms with E-state index < -0.39 is 5.41 Å². The lowest BCUT2D eigenvalue weighted by Crippen LogP contribution is -2.34. The molecule has 0 saturated carbocycles. The molecule has 49 heavy (non-hydrogen) atoms. The van der Waals surface area contributed by atoms with Crippen LogP contribution in [0, 0.1) is 0 Å². The van der Waals surface area contributed by atoms with E-state index in [0.717, 1.165) is 33.9 Å². The second-order valence-electron chi connectivity index (χ2n) is 12.9. The fraction of sp³-hybridized carbons (Fsp3) is 0.0213. The Labute approximate surface area is 285 Å². The third-order valence-electron chi connectivity index (χ3n) is 10.3. The Morgan fingerprint density at radius 3 is 1.78 bits per heavy atom. The Kier molecular flexibility index (Phi) is 6.13. The quantitative estimate of drug-likeness (QED) is 0.190. The highest BCUT2D eigenvalue weighted by atomic mass is 16.5. The van der Waals surface area contributed by atoms with Gasteiger partial charge in [0, 0.05) is 27.6 Å². The van der Waals surface area contributed by atoms with Crippen molar-refractivity contribution in [2.24, 2.45) is 0 Å². The number of nitrogens with zero attached hydrogens (tertiary/aromatic N) is 1. The van der Waals surface area contributed by atoms with Crippen LogP contribution in [0.2, 0.25) is 0 Å². The molecule has 0 amide bonds. The minimum Gasteiger partial charge on any atom is -0.457 e. The summed E-state index contributed by atoms with van der Waals surface area (Å²) in [7, 11) is 0. The number of hydrogen-bond donors (Lipinski definition) is 0. The third-order valence-corrected chi connectivity index (χ3v) is 10.3. The van der Waals surface area contributed by atoms with Crippen LogP contribution in [0.15, 0.2) is 188 Å². The predicted molar refractivity (Wildman–Crippen MR) is 202 cm³/mol. The molecule has 0 spiro atoms. The molecule has 2 heterocycles. The van der Waals surface area contributed by atoms with E-state index in [2.05, 4.69) is 193 Å². The monoisotopic (exact) mass is 625 g/mol. The van der Waals surface area contributed by atoms with Gasteiger partial charge < -0.3 is 9.30 Å². The molecule has 1 aromatic heterocycles. The minimum atomic E-state index is -0.579. The standard InChI is InChI=1S/C47H31NO/c1-4-17-35(18-5-1)47(36-19-6-2-7-20-36)40-24-12-13-26-44(40)49-45-28-27-34(30-41(45)47)38-23-14-25-42-46(38)39-29-32-15-10-11-16-33(32)31-43(39)48(42)37-21-8-3-9-22-37/h1-31H. The first-order valence-corrected chi connectivity index (χ1v) is 16.9. The zero-order valence-electron chi connectivity index (χ0n) is 26.8. The van der Waals surface area contributed by atoms with Gasteiger partial charge in [0.1, 0.15) is 11.5 Å². The van der Waals surface area contributed by atoms with Crippen molar-refractivity contribution in [2.45, 2.75) is 5.41 Å². The van der Waals surface area contributed by atoms with Gasteiger partial charge in [0.2, 0.25) is 0 Å². The Morgan fingerprint density at radius 1 is 0.429 bits per heavy atom. The van der Waals surface area contributed by atoms with Crippen LogP contribution in [0.5, 0.6) is 11.5 Å². The van der Waals surface area contributed by atoms with Crippen molar-refractivity contribution in [3.05, 3.63) is 210 Å². The summed E-state index contributed by atoms with van der Waals surface area (Å²) in [6, 6.07) is 67.9. The van der Waals surface area contributed by atoms with Gasteiger partial charge in [-0.15, -0.1) is 0 Å². The molecule has 0 aliphatic carbocycles. The van der Waals surface area contributed by atoms with Crippen LogP contribution in [0.4, 0.5) is 0 Å². The van der Waals surface area contributed by atoms with E-state index >= 15 is 0 Å². The van der Waals surface area contributed by atoms with Crippen LogP contribution in [-0.2, 0) is 5.41 Å². The van der Waals surface area contributed by atoms with E-state index in [0.29, 0.717) is 0 Å². The molecule has 1 aliphatic heterocycles. The number of benzene rings is 8. The van der Waals surface area contributed by atoms with Gasteiger partial charge in [-0.05, 0) is 81.6 Å². The lowest BCUT2D eigenvalue weighted by molar-refractivity contribution is 0.434. The Morgan fingerprint density at radius 2 is 1.04 bits per heavy atom. The lowest BCUT2D eigenvalue weighted by atomic mass is 9.63. The maximum absolute atomic E-state index is 6.73. The normalized spacial score (nSPS) is 13.2. The number of para-hydroxylation sites is 2. The molecule has 0 radical (unpaired) electrons. The van der Waals surface area contributed by atoms with Crippen LogP contribution < -0.4 is 4.74 Å². The summed E-state index contributed by atoms with van der Waals surface area (Å²) in [5, 5.41) is 4.95. The van der Waals surface area contributed by atoms with Crippen molar-refractivity contribution < 1.29 is 4.74 Å². The van der Waals surface area contributed by atoms with E-state index in [1.54, 1.807) is 0 Å². The zero-order valence-corrected chi connectivity index (χ0v) is 26.8. The minimum absolute atomic E-state index is 0.579. The van der Waals surface area contributed by atoms with Gasteiger partial charge in [0.05, 0.1) is 16.4 Å². The summed E-state index contributed by atoms with van der Waals surface area (Å²) < 4.78 is 9.14. The molecule has 9 aromatic rings. The second-order valence-corrected chi connectivity index (χ2v) is 12.9. The molecular weight excluding hydrogens is 595 g/mol. The van der Waals surface area contributed by atoms with Crippen molar-refractivity contribution in [3.8, 4) is 28.3 Å². The SMILES string of the molecule is c1ccc(-n2c3cc4ccccc4cc3c3c(-c4ccc5c(c4)C(c4ccccc4)(c4ccccc4)c4ccccc4O5)cccc32)cc1. The average molecular weight is 626 g/mol. The molecule has 2 nitrogen and oxygen atoms in total. The van der Waals surface area contributed by atoms with Gasteiger partial charge in [-0.3, -0.25) is 0 Å². The van der Waals surface area contributed by atoms with Crippen LogP contribution in [0.25, 0.3) is 49.4 Å². The molecule has 10 rings (SSSR count). The highest BCUT2D eigenvalue weighted by Crippen LogP contribution is 2.56. The van der Waals surface area contributed by atoms with Gasteiger partial charge in [-0.25, -0.2) is 0 Å². The van der Waals surface area contributed by atoms with Crippen LogP contribution in [0.3, 0.4) is 0 Å². The summed E-state index contributed by atoms with van der Waals surface area (Å²) in [4.78, 5) is 0. The van der Waals surface area contributed by atoms with Crippen LogP contribution >= 0.6 is 0 Å². The molecule has 0 saturated heterocycles. The predicted octanol–water partition coefficient (Wildman–Crippen LogP) is 12.1. The van der Waals surface area contributed by atoms with Gasteiger partial charge in [-0.2, -0.15) is 0 Å². The van der Waals surface area contributed by atoms with Crippen molar-refractivity contribution in [1.29, 1.82) is 0 Å². The number of ether oxygens (including phenoxy) is 1. The van der Waals surface area contributed by atoms with Gasteiger partial charge in [0.25, 0.3) is 0 Å². The molecule has 0 unspecified atom stereocenters. The zero-order chi connectivity index (χ0) is 32.4. The summed E-state index contributed by atoms with van der Waals surface area (Å²) >= 11 is 0. The van der Waals surface area contributed by atoms with E-state index in [1.165, 1.54) is 49.3 Å². The molecule has 2 heteroatoms. The fourth-order valence-electron chi connectivity index (χ4n) is 8.22. The molecule has 230 valence electrons. The smallest absolute Gasteiger partial charge is 0.132 e. The second kappa shape index (κ2) is 10.8. The van der Waals surface area contributed by atoms with E-state index in [4.69, 9.17) is 4.74 Å². The van der Waals surface area contributed by atoms with Gasteiger partial charge in [-0.1, -0.05) is 140 Å². The van der Waals surface area contributed by atoms with E-state index in [-0.39, 0.29) is 0 Å². The van der Waals surface area contributed by atoms with Gasteiger partial charge >= 0.3 is 0 Å². The first-order chi connectivity index (χ1) is 24.3. The Bertz CT molecular complexity index is 2630. The number of rotatable bonds is 4. The molecule has 1 aliphatic rings. The first kappa shape index (κ1) is 27.7. The third kappa shape index (κ3) is 4.07. The van der Waals surface area contributed by atoms with E-state index in [9.17, 15) is 0 Å². The summed E-state index contributed by atoms with van der Waals surface area (Å²) in [6.07, 6.45) is 0. The number of aromatic nitrogens is 1. The van der Waals surface area contributed by atoms with Crippen molar-refractivity contribution in [1.82, 2.24) is 4.57 Å². The van der Waals surface area contributed by atoms with Gasteiger partial charge in [0.15, 0.2) is 0 Å². The molecule has 0 bridgehead atoms. The maximum Gasteiger partial charge on any atom is 0.132 e. The summed E-state index contributed by atoms with van der Waals surface area (Å²) in [5.74, 6) is 1.76. The van der Waals surface area contributed by atoms with Crippen molar-refractivity contribution in [2.75, 3.05) is 0 Å². The molecule has 0 atom stereocenters. The van der Waals surface area contributed by atoms with Crippen molar-refractivity contribution in [3.63, 3.8) is 0 Å². The molecule has 0 fully saturated rings. The molecule has 0 N–H and O–H groups in total. The topological polar surface area (TPSA) is 14.2 Å². The maximum atomic E-state index is 6.73. The highest BCUT2D eigenvalue weighted by molar-refractivity contribution is 6.18.